The smallest absolute Gasteiger partial charge is 0.186 e. The van der Waals surface area contributed by atoms with E-state index in [1.165, 1.54) is 0 Å². The Kier molecular flexibility index (Phi) is 8.71. The van der Waals surface area contributed by atoms with Gasteiger partial charge in [-0.1, -0.05) is 34.6 Å². The summed E-state index contributed by atoms with van der Waals surface area (Å²) in [5.74, 6) is 0.272. The maximum atomic E-state index is 11.9. The van der Waals surface area contributed by atoms with Crippen molar-refractivity contribution >= 4 is 0 Å². The molecule has 6 rings (SSSR count). The van der Waals surface area contributed by atoms with Crippen molar-refractivity contribution in [3.63, 3.8) is 0 Å². The summed E-state index contributed by atoms with van der Waals surface area (Å²) in [6, 6.07) is 0. The van der Waals surface area contributed by atoms with Crippen LogP contribution in [-0.4, -0.2) is 108 Å². The van der Waals surface area contributed by atoms with Gasteiger partial charge in [-0.3, -0.25) is 0 Å². The summed E-state index contributed by atoms with van der Waals surface area (Å²) in [6.07, 6.45) is -2.04. The van der Waals surface area contributed by atoms with Gasteiger partial charge >= 0.3 is 0 Å². The van der Waals surface area contributed by atoms with Gasteiger partial charge in [0, 0.05) is 0 Å². The van der Waals surface area contributed by atoms with Gasteiger partial charge < -0.3 is 50.3 Å². The maximum absolute atomic E-state index is 11.9. The molecule has 0 amide bonds. The Labute approximate surface area is 274 Å². The summed E-state index contributed by atoms with van der Waals surface area (Å²) < 4.78 is 12.7. The summed E-state index contributed by atoms with van der Waals surface area (Å²) in [5, 5.41) is 86.2. The third kappa shape index (κ3) is 4.78. The minimum Gasteiger partial charge on any atom is -0.394 e. The zero-order valence-corrected chi connectivity index (χ0v) is 29.0. The van der Waals surface area contributed by atoms with Gasteiger partial charge in [-0.2, -0.15) is 0 Å². The second kappa shape index (κ2) is 11.3. The molecule has 6 aliphatic rings. The fourth-order valence-corrected chi connectivity index (χ4v) is 12.9. The first-order chi connectivity index (χ1) is 21.2. The van der Waals surface area contributed by atoms with E-state index in [2.05, 4.69) is 34.6 Å². The number of rotatable bonds is 8. The van der Waals surface area contributed by atoms with Crippen LogP contribution in [0, 0.1) is 50.7 Å². The highest BCUT2D eigenvalue weighted by molar-refractivity contribution is 5.33. The molecule has 1 saturated heterocycles. The Balaban J connectivity index is 1.37. The monoisotopic (exact) mass is 654 g/mol. The van der Waals surface area contributed by atoms with Crippen LogP contribution in [0.1, 0.15) is 106 Å². The molecule has 266 valence electrons. The summed E-state index contributed by atoms with van der Waals surface area (Å²) >= 11 is 0. The fraction of sp³-hybridized carbons (Fsp3) is 1.00. The van der Waals surface area contributed by atoms with Gasteiger partial charge in [-0.15, -0.1) is 0 Å². The predicted molar refractivity (Wildman–Crippen MR) is 169 cm³/mol. The van der Waals surface area contributed by atoms with Crippen LogP contribution in [0.15, 0.2) is 0 Å². The first kappa shape index (κ1) is 35.4. The molecule has 0 aromatic heterocycles. The van der Waals surface area contributed by atoms with Gasteiger partial charge in [0.25, 0.3) is 0 Å². The maximum Gasteiger partial charge on any atom is 0.186 e. The quantitative estimate of drug-likeness (QED) is 0.181. The third-order valence-corrected chi connectivity index (χ3v) is 15.6. The average Bonchev–Trinajstić information content (AvgIpc) is 3.57. The SMILES string of the molecule is C[C@H](CC[C@H](O)C(C)(C)O)[C@H]1[C@@H](O)C[C@@]2(C)[C@@H]3[C@@H](O[C@@H]4O[C@H](CO)[C@@H](O)[C@H](O)[C@H]4O)C[C@H]4C(C)(C)[C@@H](O)CC[C@@]45C[C@@]35CC[C@]12C. The van der Waals surface area contributed by atoms with E-state index in [-0.39, 0.29) is 50.7 Å². The highest BCUT2D eigenvalue weighted by Crippen LogP contribution is 2.89. The van der Waals surface area contributed by atoms with Crippen molar-refractivity contribution < 1.29 is 50.3 Å². The Morgan fingerprint density at radius 2 is 1.57 bits per heavy atom. The molecule has 0 aromatic rings. The van der Waals surface area contributed by atoms with Crippen molar-refractivity contribution in [2.75, 3.05) is 6.61 Å². The van der Waals surface area contributed by atoms with E-state index < -0.39 is 67.3 Å². The van der Waals surface area contributed by atoms with Gasteiger partial charge in [0.05, 0.1) is 36.6 Å². The summed E-state index contributed by atoms with van der Waals surface area (Å²) in [5.41, 5.74) is -2.14. The number of aliphatic hydroxyl groups excluding tert-OH is 7. The molecule has 17 atom stereocenters. The van der Waals surface area contributed by atoms with Crippen molar-refractivity contribution in [1.82, 2.24) is 0 Å². The summed E-state index contributed by atoms with van der Waals surface area (Å²) in [4.78, 5) is 0. The molecule has 5 aliphatic carbocycles. The van der Waals surface area contributed by atoms with Crippen LogP contribution in [0.2, 0.25) is 0 Å². The van der Waals surface area contributed by atoms with Gasteiger partial charge in [0.2, 0.25) is 0 Å². The molecule has 0 unspecified atom stereocenters. The highest BCUT2D eigenvalue weighted by Gasteiger charge is 2.84. The molecule has 8 N–H and O–H groups in total. The molecule has 46 heavy (non-hydrogen) atoms. The van der Waals surface area contributed by atoms with Crippen molar-refractivity contribution in [2.24, 2.45) is 50.7 Å². The van der Waals surface area contributed by atoms with Gasteiger partial charge in [-0.25, -0.2) is 0 Å². The van der Waals surface area contributed by atoms with Crippen LogP contribution < -0.4 is 0 Å². The van der Waals surface area contributed by atoms with E-state index in [0.29, 0.717) is 25.7 Å². The normalized spacial score (nSPS) is 54.2. The van der Waals surface area contributed by atoms with Gasteiger partial charge in [0.15, 0.2) is 6.29 Å². The van der Waals surface area contributed by atoms with Crippen LogP contribution in [0.4, 0.5) is 0 Å². The molecular formula is C36H62O10. The first-order valence-electron chi connectivity index (χ1n) is 17.9. The fourth-order valence-electron chi connectivity index (χ4n) is 12.9. The van der Waals surface area contributed by atoms with Crippen molar-refractivity contribution in [3.05, 3.63) is 0 Å². The largest absolute Gasteiger partial charge is 0.394 e. The van der Waals surface area contributed by atoms with E-state index >= 15 is 0 Å². The third-order valence-electron chi connectivity index (χ3n) is 15.6. The van der Waals surface area contributed by atoms with Crippen LogP contribution in [-0.2, 0) is 9.47 Å². The van der Waals surface area contributed by atoms with Crippen LogP contribution in [0.3, 0.4) is 0 Å². The average molecular weight is 655 g/mol. The molecule has 0 radical (unpaired) electrons. The van der Waals surface area contributed by atoms with E-state index in [9.17, 15) is 40.9 Å². The van der Waals surface area contributed by atoms with Gasteiger partial charge in [-0.05, 0) is 122 Å². The molecule has 10 heteroatoms. The van der Waals surface area contributed by atoms with Crippen molar-refractivity contribution in [1.29, 1.82) is 0 Å². The minimum absolute atomic E-state index is 0.0160. The standard InChI is InChI=1S/C36H62O10/c1-18(8-9-24(40)32(4,5)44)25-19(38)15-34(7)29-20(45-30-28(43)27(42)26(41)21(16-37)46-30)14-22-31(2,3)23(39)10-11-35(22)17-36(29,35)13-12-33(25,34)6/h18-30,37-44H,8-17H2,1-7H3/t18-,19+,20+,21-,22+,23+,24+,25+,26-,27+,28-,29+,30-,33-,34+,35-,36+/m1/s1. The molecule has 10 nitrogen and oxygen atoms in total. The topological polar surface area (TPSA) is 180 Å². The molecular weight excluding hydrogens is 592 g/mol. The summed E-state index contributed by atoms with van der Waals surface area (Å²) in [6.45, 7) is 13.8. The molecule has 5 saturated carbocycles. The molecule has 0 bridgehead atoms. The zero-order chi connectivity index (χ0) is 34.0. The minimum atomic E-state index is -1.54. The molecule has 1 heterocycles. The van der Waals surface area contributed by atoms with Crippen molar-refractivity contribution in [2.45, 2.75) is 167 Å². The second-order valence-corrected chi connectivity index (χ2v) is 18.4. The number of aliphatic hydroxyl groups is 8. The van der Waals surface area contributed by atoms with E-state index in [1.807, 2.05) is 0 Å². The molecule has 0 aromatic carbocycles. The first-order valence-corrected chi connectivity index (χ1v) is 17.9. The van der Waals surface area contributed by atoms with Gasteiger partial charge in [0.1, 0.15) is 24.4 Å². The lowest BCUT2D eigenvalue weighted by Crippen LogP contribution is -2.64. The number of hydrogen-bond donors (Lipinski definition) is 8. The Bertz CT molecular complexity index is 1140. The summed E-state index contributed by atoms with van der Waals surface area (Å²) in [7, 11) is 0. The predicted octanol–water partition coefficient (Wildman–Crippen LogP) is 2.10. The van der Waals surface area contributed by atoms with E-state index in [4.69, 9.17) is 9.47 Å². The zero-order valence-electron chi connectivity index (χ0n) is 29.0. The van der Waals surface area contributed by atoms with Crippen LogP contribution in [0.5, 0.6) is 0 Å². The second-order valence-electron chi connectivity index (χ2n) is 18.4. The lowest BCUT2D eigenvalue weighted by molar-refractivity contribution is -0.332. The highest BCUT2D eigenvalue weighted by atomic mass is 16.7. The van der Waals surface area contributed by atoms with E-state index in [0.717, 1.165) is 32.1 Å². The Hall–Kier alpha value is -0.400. The van der Waals surface area contributed by atoms with Crippen LogP contribution in [0.25, 0.3) is 0 Å². The van der Waals surface area contributed by atoms with Crippen LogP contribution >= 0.6 is 0 Å². The number of fused-ring (bicyclic) bond motifs is 2. The molecule has 2 spiro atoms. The molecule has 6 fully saturated rings. The van der Waals surface area contributed by atoms with E-state index in [1.54, 1.807) is 13.8 Å². The Morgan fingerprint density at radius 3 is 2.20 bits per heavy atom. The lowest BCUT2D eigenvalue weighted by Gasteiger charge is -2.65. The number of ether oxygens (including phenoxy) is 2. The Morgan fingerprint density at radius 1 is 0.891 bits per heavy atom. The van der Waals surface area contributed by atoms with Crippen molar-refractivity contribution in [3.8, 4) is 0 Å². The lowest BCUT2D eigenvalue weighted by atomic mass is 9.41. The molecule has 1 aliphatic heterocycles. The number of hydrogen-bond acceptors (Lipinski definition) is 10.